The quantitative estimate of drug-likeness (QED) is 0.723. The van der Waals surface area contributed by atoms with Crippen molar-refractivity contribution < 1.29 is 0 Å². The summed E-state index contributed by atoms with van der Waals surface area (Å²) in [4.78, 5) is 6.03. The van der Waals surface area contributed by atoms with Crippen LogP contribution in [0.15, 0.2) is 15.5 Å². The molecule has 0 amide bonds. The molecule has 0 radical (unpaired) electrons. The molecule has 0 aromatic carbocycles. The Morgan fingerprint density at radius 1 is 1.17 bits per heavy atom. The van der Waals surface area contributed by atoms with Crippen LogP contribution in [0.2, 0.25) is 0 Å². The van der Waals surface area contributed by atoms with Gasteiger partial charge in [-0.25, -0.2) is 0 Å². The van der Waals surface area contributed by atoms with E-state index in [0.717, 1.165) is 17.5 Å². The SMILES string of the molecule is CC1=NCc2nnc(C)n2CS/C(C)=C(/C)C1C. The van der Waals surface area contributed by atoms with E-state index in [0.29, 0.717) is 12.5 Å². The largest absolute Gasteiger partial charge is 0.303 e. The number of fused-ring (bicyclic) bond motifs is 1. The van der Waals surface area contributed by atoms with Crippen molar-refractivity contribution in [2.45, 2.75) is 47.0 Å². The number of aryl methyl sites for hydroxylation is 1. The maximum Gasteiger partial charge on any atom is 0.155 e. The van der Waals surface area contributed by atoms with Crippen molar-refractivity contribution in [1.82, 2.24) is 14.8 Å². The summed E-state index contributed by atoms with van der Waals surface area (Å²) in [5.74, 6) is 3.20. The molecule has 0 N–H and O–H groups in total. The van der Waals surface area contributed by atoms with Crippen molar-refractivity contribution in [3.05, 3.63) is 22.1 Å². The molecule has 4 nitrogen and oxygen atoms in total. The number of allylic oxidation sites excluding steroid dienone is 2. The molecule has 1 aromatic heterocycles. The molecule has 2 heterocycles. The molecule has 18 heavy (non-hydrogen) atoms. The fourth-order valence-electron chi connectivity index (χ4n) is 1.94. The zero-order chi connectivity index (χ0) is 13.3. The van der Waals surface area contributed by atoms with E-state index < -0.39 is 0 Å². The molecular formula is C13H20N4S. The smallest absolute Gasteiger partial charge is 0.155 e. The van der Waals surface area contributed by atoms with Gasteiger partial charge in [-0.2, -0.15) is 0 Å². The minimum atomic E-state index is 0.410. The van der Waals surface area contributed by atoms with Gasteiger partial charge in [-0.05, 0) is 32.6 Å². The molecule has 0 bridgehead atoms. The Bertz CT molecular complexity index is 513. The van der Waals surface area contributed by atoms with Crippen LogP contribution in [0.25, 0.3) is 0 Å². The summed E-state index contributed by atoms with van der Waals surface area (Å²) >= 11 is 1.86. The number of nitrogens with zero attached hydrogens (tertiary/aromatic N) is 4. The fraction of sp³-hybridized carbons (Fsp3) is 0.615. The summed E-state index contributed by atoms with van der Waals surface area (Å²) in [6, 6.07) is 0. The average molecular weight is 264 g/mol. The summed E-state index contributed by atoms with van der Waals surface area (Å²) in [6.07, 6.45) is 0. The van der Waals surface area contributed by atoms with Gasteiger partial charge in [-0.1, -0.05) is 12.5 Å². The van der Waals surface area contributed by atoms with Gasteiger partial charge < -0.3 is 4.57 Å². The van der Waals surface area contributed by atoms with E-state index in [-0.39, 0.29) is 0 Å². The van der Waals surface area contributed by atoms with E-state index in [1.807, 2.05) is 18.7 Å². The monoisotopic (exact) mass is 264 g/mol. The van der Waals surface area contributed by atoms with Gasteiger partial charge in [-0.15, -0.1) is 22.0 Å². The summed E-state index contributed by atoms with van der Waals surface area (Å²) in [5, 5.41) is 8.36. The van der Waals surface area contributed by atoms with Gasteiger partial charge in [-0.3, -0.25) is 4.99 Å². The zero-order valence-corrected chi connectivity index (χ0v) is 12.5. The molecule has 98 valence electrons. The number of hydrogen-bond acceptors (Lipinski definition) is 4. The lowest BCUT2D eigenvalue weighted by molar-refractivity contribution is 0.753. The molecule has 0 saturated heterocycles. The Labute approximate surface area is 113 Å². The van der Waals surface area contributed by atoms with E-state index in [9.17, 15) is 0 Å². The lowest BCUT2D eigenvalue weighted by atomic mass is 9.98. The van der Waals surface area contributed by atoms with Crippen LogP contribution in [0.4, 0.5) is 0 Å². The Morgan fingerprint density at radius 2 is 1.89 bits per heavy atom. The van der Waals surface area contributed by atoms with E-state index in [1.165, 1.54) is 16.2 Å². The number of aliphatic imine (C=N–C) groups is 1. The van der Waals surface area contributed by atoms with Crippen LogP contribution in [0.3, 0.4) is 0 Å². The van der Waals surface area contributed by atoms with Crippen molar-refractivity contribution in [3.8, 4) is 0 Å². The fourth-order valence-corrected chi connectivity index (χ4v) is 3.00. The highest BCUT2D eigenvalue weighted by molar-refractivity contribution is 8.02. The van der Waals surface area contributed by atoms with Crippen LogP contribution in [-0.2, 0) is 12.4 Å². The number of hydrogen-bond donors (Lipinski definition) is 0. The van der Waals surface area contributed by atoms with Crippen LogP contribution in [0, 0.1) is 12.8 Å². The van der Waals surface area contributed by atoms with Crippen LogP contribution >= 0.6 is 11.8 Å². The summed E-state index contributed by atoms with van der Waals surface area (Å²) in [6.45, 7) is 11.3. The molecular weight excluding hydrogens is 244 g/mol. The van der Waals surface area contributed by atoms with Crippen LogP contribution in [-0.4, -0.2) is 20.5 Å². The highest BCUT2D eigenvalue weighted by Crippen LogP contribution is 2.28. The first-order valence-electron chi connectivity index (χ1n) is 6.20. The molecule has 1 atom stereocenters. The number of aromatic nitrogens is 3. The molecule has 0 fully saturated rings. The minimum absolute atomic E-state index is 0.410. The van der Waals surface area contributed by atoms with Crippen LogP contribution < -0.4 is 0 Å². The lowest BCUT2D eigenvalue weighted by Crippen LogP contribution is -2.13. The molecule has 0 aliphatic carbocycles. The first kappa shape index (κ1) is 13.3. The second-order valence-electron chi connectivity index (χ2n) is 4.78. The molecule has 5 heteroatoms. The highest BCUT2D eigenvalue weighted by Gasteiger charge is 2.15. The third kappa shape index (κ3) is 2.51. The van der Waals surface area contributed by atoms with Crippen LogP contribution in [0.5, 0.6) is 0 Å². The lowest BCUT2D eigenvalue weighted by Gasteiger charge is -2.18. The molecule has 1 aliphatic rings. The van der Waals surface area contributed by atoms with Gasteiger partial charge in [0.1, 0.15) is 5.82 Å². The molecule has 1 aromatic rings. The summed E-state index contributed by atoms with van der Waals surface area (Å²) < 4.78 is 2.15. The highest BCUT2D eigenvalue weighted by atomic mass is 32.2. The summed E-state index contributed by atoms with van der Waals surface area (Å²) in [7, 11) is 0. The topological polar surface area (TPSA) is 43.1 Å². The zero-order valence-electron chi connectivity index (χ0n) is 11.7. The minimum Gasteiger partial charge on any atom is -0.303 e. The van der Waals surface area contributed by atoms with Gasteiger partial charge in [0.2, 0.25) is 0 Å². The maximum atomic E-state index is 4.66. The Hall–Kier alpha value is -1.10. The number of thioether (sulfide) groups is 1. The Morgan fingerprint density at radius 3 is 2.61 bits per heavy atom. The van der Waals surface area contributed by atoms with Crippen molar-refractivity contribution in [2.75, 3.05) is 0 Å². The van der Waals surface area contributed by atoms with Gasteiger partial charge in [0.25, 0.3) is 0 Å². The number of rotatable bonds is 0. The van der Waals surface area contributed by atoms with Gasteiger partial charge in [0, 0.05) is 11.6 Å². The summed E-state index contributed by atoms with van der Waals surface area (Å²) in [5.41, 5.74) is 2.58. The predicted molar refractivity (Wildman–Crippen MR) is 76.7 cm³/mol. The molecule has 2 rings (SSSR count). The average Bonchev–Trinajstić information content (AvgIpc) is 2.71. The molecule has 1 unspecified atom stereocenters. The second-order valence-corrected chi connectivity index (χ2v) is 5.94. The van der Waals surface area contributed by atoms with Gasteiger partial charge >= 0.3 is 0 Å². The van der Waals surface area contributed by atoms with Crippen molar-refractivity contribution >= 4 is 17.5 Å². The normalized spacial score (nSPS) is 25.6. The van der Waals surface area contributed by atoms with Gasteiger partial charge in [0.15, 0.2) is 5.82 Å². The molecule has 1 aliphatic heterocycles. The first-order valence-corrected chi connectivity index (χ1v) is 7.19. The Balaban J connectivity index is 2.42. The van der Waals surface area contributed by atoms with Crippen LogP contribution in [0.1, 0.15) is 39.3 Å². The standard InChI is InChI=1S/C13H20N4S/c1-8-9(2)11(4)18-7-17-12(5)15-16-13(17)6-14-10(8)3/h8H,6-7H2,1-5H3/b11-9-,14-10?. The van der Waals surface area contributed by atoms with Gasteiger partial charge in [0.05, 0.1) is 12.4 Å². The maximum absolute atomic E-state index is 4.66. The van der Waals surface area contributed by atoms with Crippen molar-refractivity contribution in [2.24, 2.45) is 10.9 Å². The second kappa shape index (κ2) is 5.26. The third-order valence-corrected chi connectivity index (χ3v) is 4.87. The van der Waals surface area contributed by atoms with Crippen molar-refractivity contribution in [3.63, 3.8) is 0 Å². The van der Waals surface area contributed by atoms with E-state index in [4.69, 9.17) is 0 Å². The van der Waals surface area contributed by atoms with E-state index in [2.05, 4.69) is 47.5 Å². The third-order valence-electron chi connectivity index (χ3n) is 3.72. The Kier molecular flexibility index (Phi) is 3.90. The van der Waals surface area contributed by atoms with E-state index in [1.54, 1.807) is 0 Å². The molecule has 0 saturated carbocycles. The first-order chi connectivity index (χ1) is 8.50. The van der Waals surface area contributed by atoms with Crippen molar-refractivity contribution in [1.29, 1.82) is 0 Å². The molecule has 0 spiro atoms. The van der Waals surface area contributed by atoms with E-state index >= 15 is 0 Å². The predicted octanol–water partition coefficient (Wildman–Crippen LogP) is 3.18.